The lowest BCUT2D eigenvalue weighted by atomic mass is 9.84. The van der Waals surface area contributed by atoms with Crippen molar-refractivity contribution in [3.8, 4) is 0 Å². The van der Waals surface area contributed by atoms with Crippen molar-refractivity contribution in [2.75, 3.05) is 0 Å². The molecule has 0 aliphatic heterocycles. The molecule has 0 nitrogen and oxygen atoms in total. The van der Waals surface area contributed by atoms with E-state index in [-0.39, 0.29) is 0 Å². The molecule has 2 aromatic carbocycles. The molecule has 3 rings (SSSR count). The minimum absolute atomic E-state index is 1.24. The second kappa shape index (κ2) is 4.21. The van der Waals surface area contributed by atoms with E-state index in [9.17, 15) is 0 Å². The van der Waals surface area contributed by atoms with Gasteiger partial charge in [-0.25, -0.2) is 0 Å². The summed E-state index contributed by atoms with van der Waals surface area (Å²) in [6.07, 6.45) is 6.93. The van der Waals surface area contributed by atoms with Gasteiger partial charge < -0.3 is 0 Å². The minimum atomic E-state index is 1.24. The van der Waals surface area contributed by atoms with Crippen LogP contribution in [0.5, 0.6) is 0 Å². The summed E-state index contributed by atoms with van der Waals surface area (Å²) in [5.41, 5.74) is 7.03. The van der Waals surface area contributed by atoms with Crippen LogP contribution in [0.3, 0.4) is 0 Å². The Morgan fingerprint density at radius 3 is 2.41 bits per heavy atom. The summed E-state index contributed by atoms with van der Waals surface area (Å²) in [7, 11) is 0. The maximum absolute atomic E-state index is 2.24. The molecule has 0 spiro atoms. The average Bonchev–Trinajstić information content (AvgIpc) is 2.30. The lowest BCUT2D eigenvalue weighted by Crippen LogP contribution is -2.09. The van der Waals surface area contributed by atoms with E-state index in [0.717, 1.165) is 0 Å². The van der Waals surface area contributed by atoms with Gasteiger partial charge in [0.05, 0.1) is 0 Å². The Bertz CT molecular complexity index is 559. The summed E-state index contributed by atoms with van der Waals surface area (Å²) in [6, 6.07) is 15.3. The molecular weight excluding hydrogens is 204 g/mol. The third-order valence-corrected chi connectivity index (χ3v) is 3.49. The fourth-order valence-electron chi connectivity index (χ4n) is 2.30. The van der Waals surface area contributed by atoms with Gasteiger partial charge in [-0.2, -0.15) is 0 Å². The van der Waals surface area contributed by atoms with Crippen molar-refractivity contribution in [2.24, 2.45) is 0 Å². The summed E-state index contributed by atoms with van der Waals surface area (Å²) < 4.78 is 0. The monoisotopic (exact) mass is 220 g/mol. The van der Waals surface area contributed by atoms with E-state index in [1.807, 2.05) is 0 Å². The van der Waals surface area contributed by atoms with Crippen LogP contribution in [0.4, 0.5) is 0 Å². The summed E-state index contributed by atoms with van der Waals surface area (Å²) in [5.74, 6) is 0. The van der Waals surface area contributed by atoms with Crippen LogP contribution < -0.4 is 0 Å². The van der Waals surface area contributed by atoms with Crippen LogP contribution in [0.15, 0.2) is 42.5 Å². The highest BCUT2D eigenvalue weighted by Gasteiger charge is 2.14. The standard InChI is InChI=1S/C17H16/c1-13-5-7-14(8-6-13)9-10-15-3-2-4-16-11-12-17(15)16/h2-10H,11-12H2,1H3. The normalized spacial score (nSPS) is 13.5. The number of hydrogen-bond donors (Lipinski definition) is 0. The quantitative estimate of drug-likeness (QED) is 0.663. The smallest absolute Gasteiger partial charge is 0.0221 e. The van der Waals surface area contributed by atoms with Crippen LogP contribution >= 0.6 is 0 Å². The molecule has 0 radical (unpaired) electrons. The van der Waals surface area contributed by atoms with Gasteiger partial charge in [0.1, 0.15) is 0 Å². The number of rotatable bonds is 2. The van der Waals surface area contributed by atoms with Gasteiger partial charge in [-0.05, 0) is 42.0 Å². The molecule has 17 heavy (non-hydrogen) atoms. The Morgan fingerprint density at radius 2 is 1.71 bits per heavy atom. The number of aryl methyl sites for hydroxylation is 2. The van der Waals surface area contributed by atoms with E-state index in [1.54, 1.807) is 0 Å². The summed E-state index contributed by atoms with van der Waals surface area (Å²) in [6.45, 7) is 2.12. The van der Waals surface area contributed by atoms with E-state index in [2.05, 4.69) is 61.5 Å². The van der Waals surface area contributed by atoms with E-state index in [4.69, 9.17) is 0 Å². The Labute approximate surface area is 103 Å². The third-order valence-electron chi connectivity index (χ3n) is 3.49. The largest absolute Gasteiger partial charge is 0.0614 e. The van der Waals surface area contributed by atoms with Gasteiger partial charge in [0.25, 0.3) is 0 Å². The first-order chi connectivity index (χ1) is 8.33. The second-order valence-electron chi connectivity index (χ2n) is 4.73. The number of hydrogen-bond acceptors (Lipinski definition) is 0. The van der Waals surface area contributed by atoms with Crippen LogP contribution in [0, 0.1) is 6.92 Å². The van der Waals surface area contributed by atoms with Crippen molar-refractivity contribution in [3.63, 3.8) is 0 Å². The highest BCUT2D eigenvalue weighted by atomic mass is 14.2. The van der Waals surface area contributed by atoms with Crippen molar-refractivity contribution >= 4 is 12.2 Å². The third kappa shape index (κ3) is 2.03. The number of fused-ring (bicyclic) bond motifs is 1. The van der Waals surface area contributed by atoms with Gasteiger partial charge in [0, 0.05) is 0 Å². The van der Waals surface area contributed by atoms with Crippen molar-refractivity contribution in [3.05, 3.63) is 70.3 Å². The van der Waals surface area contributed by atoms with Crippen molar-refractivity contribution in [2.45, 2.75) is 19.8 Å². The summed E-state index contributed by atoms with van der Waals surface area (Å²) in [4.78, 5) is 0. The summed E-state index contributed by atoms with van der Waals surface area (Å²) in [5, 5.41) is 0. The fraction of sp³-hybridized carbons (Fsp3) is 0.176. The lowest BCUT2D eigenvalue weighted by Gasteiger charge is -2.20. The molecule has 0 saturated heterocycles. The second-order valence-corrected chi connectivity index (χ2v) is 4.73. The zero-order valence-electron chi connectivity index (χ0n) is 10.1. The molecular formula is C17H16. The predicted molar refractivity (Wildman–Crippen MR) is 74.0 cm³/mol. The average molecular weight is 220 g/mol. The maximum atomic E-state index is 2.24. The van der Waals surface area contributed by atoms with E-state index < -0.39 is 0 Å². The van der Waals surface area contributed by atoms with Gasteiger partial charge in [-0.3, -0.25) is 0 Å². The molecule has 0 heterocycles. The topological polar surface area (TPSA) is 0 Å². The van der Waals surface area contributed by atoms with Gasteiger partial charge >= 0.3 is 0 Å². The van der Waals surface area contributed by atoms with Crippen LogP contribution in [0.2, 0.25) is 0 Å². The number of benzene rings is 2. The molecule has 0 unspecified atom stereocenters. The lowest BCUT2D eigenvalue weighted by molar-refractivity contribution is 0.836. The zero-order chi connectivity index (χ0) is 11.7. The van der Waals surface area contributed by atoms with Gasteiger partial charge in [0.2, 0.25) is 0 Å². The highest BCUT2D eigenvalue weighted by Crippen LogP contribution is 2.27. The van der Waals surface area contributed by atoms with Gasteiger partial charge in [-0.1, -0.05) is 60.2 Å². The van der Waals surface area contributed by atoms with E-state index >= 15 is 0 Å². The molecule has 0 atom stereocenters. The molecule has 84 valence electrons. The zero-order valence-corrected chi connectivity index (χ0v) is 10.1. The van der Waals surface area contributed by atoms with Crippen LogP contribution in [-0.4, -0.2) is 0 Å². The predicted octanol–water partition coefficient (Wildman–Crippen LogP) is 4.26. The van der Waals surface area contributed by atoms with Crippen LogP contribution in [-0.2, 0) is 12.8 Å². The maximum Gasteiger partial charge on any atom is -0.0221 e. The SMILES string of the molecule is Cc1ccc(C=Cc2cccc3c2CC3)cc1. The molecule has 0 aromatic heterocycles. The Balaban J connectivity index is 1.87. The molecule has 0 N–H and O–H groups in total. The Morgan fingerprint density at radius 1 is 0.882 bits per heavy atom. The van der Waals surface area contributed by atoms with Gasteiger partial charge in [0.15, 0.2) is 0 Å². The molecule has 1 aliphatic carbocycles. The van der Waals surface area contributed by atoms with Crippen molar-refractivity contribution < 1.29 is 0 Å². The van der Waals surface area contributed by atoms with Gasteiger partial charge in [-0.15, -0.1) is 0 Å². The fourth-order valence-corrected chi connectivity index (χ4v) is 2.30. The molecule has 0 heteroatoms. The highest BCUT2D eigenvalue weighted by molar-refractivity contribution is 5.72. The van der Waals surface area contributed by atoms with E-state index in [0.29, 0.717) is 0 Å². The molecule has 0 amide bonds. The molecule has 0 bridgehead atoms. The molecule has 0 fully saturated rings. The molecule has 1 aliphatic rings. The summed E-state index contributed by atoms with van der Waals surface area (Å²) >= 11 is 0. The minimum Gasteiger partial charge on any atom is -0.0614 e. The molecule has 0 saturated carbocycles. The van der Waals surface area contributed by atoms with E-state index in [1.165, 1.54) is 40.7 Å². The molecule has 2 aromatic rings. The first kappa shape index (κ1) is 10.3. The Kier molecular flexibility index (Phi) is 2.56. The Hall–Kier alpha value is -1.82. The van der Waals surface area contributed by atoms with Crippen molar-refractivity contribution in [1.29, 1.82) is 0 Å². The van der Waals surface area contributed by atoms with Crippen LogP contribution in [0.1, 0.15) is 27.8 Å². The first-order valence-electron chi connectivity index (χ1n) is 6.18. The van der Waals surface area contributed by atoms with Crippen LogP contribution in [0.25, 0.3) is 12.2 Å². The first-order valence-corrected chi connectivity index (χ1v) is 6.18. The van der Waals surface area contributed by atoms with Crippen molar-refractivity contribution in [1.82, 2.24) is 0 Å².